The van der Waals surface area contributed by atoms with E-state index in [4.69, 9.17) is 0 Å². The van der Waals surface area contributed by atoms with Crippen molar-refractivity contribution < 1.29 is 0 Å². The van der Waals surface area contributed by atoms with Crippen molar-refractivity contribution in [3.63, 3.8) is 0 Å². The fraction of sp³-hybridized carbons (Fsp3) is 0.400. The van der Waals surface area contributed by atoms with Gasteiger partial charge in [0, 0.05) is 9.75 Å². The van der Waals surface area contributed by atoms with Crippen LogP contribution in [0.15, 0.2) is 18.7 Å². The number of aryl methyl sites for hydroxylation is 1. The van der Waals surface area contributed by atoms with Crippen LogP contribution in [0.3, 0.4) is 0 Å². The quantitative estimate of drug-likeness (QED) is 0.627. The van der Waals surface area contributed by atoms with Crippen LogP contribution in [0.4, 0.5) is 0 Å². The highest BCUT2D eigenvalue weighted by Gasteiger charge is 2.25. The van der Waals surface area contributed by atoms with E-state index in [9.17, 15) is 0 Å². The van der Waals surface area contributed by atoms with E-state index in [0.717, 1.165) is 5.92 Å². The Morgan fingerprint density at radius 1 is 1.55 bits per heavy atom. The van der Waals surface area contributed by atoms with Gasteiger partial charge in [-0.05, 0) is 43.4 Å². The molecule has 1 aromatic heterocycles. The number of hydrogen-bond donors (Lipinski definition) is 0. The lowest BCUT2D eigenvalue weighted by Crippen LogP contribution is -1.77. The standard InChI is InChI=1S/C10H12S/c1-7-3-6-10(11-7)8(2)9-4-5-9/h3,6,9H,2,4-5H2,1H3. The van der Waals surface area contributed by atoms with E-state index in [0.29, 0.717) is 0 Å². The maximum atomic E-state index is 4.11. The summed E-state index contributed by atoms with van der Waals surface area (Å²) in [4.78, 5) is 2.78. The van der Waals surface area contributed by atoms with Crippen LogP contribution in [0.5, 0.6) is 0 Å². The van der Waals surface area contributed by atoms with Crippen LogP contribution in [0.25, 0.3) is 5.57 Å². The van der Waals surface area contributed by atoms with Crippen molar-refractivity contribution in [2.45, 2.75) is 19.8 Å². The molecule has 1 fully saturated rings. The van der Waals surface area contributed by atoms with Crippen molar-refractivity contribution in [2.75, 3.05) is 0 Å². The maximum absolute atomic E-state index is 4.11. The Kier molecular flexibility index (Phi) is 1.61. The largest absolute Gasteiger partial charge is 0.141 e. The summed E-state index contributed by atoms with van der Waals surface area (Å²) in [7, 11) is 0. The summed E-state index contributed by atoms with van der Waals surface area (Å²) in [6.45, 7) is 6.26. The third-order valence-corrected chi connectivity index (χ3v) is 3.20. The van der Waals surface area contributed by atoms with Crippen molar-refractivity contribution in [2.24, 2.45) is 5.92 Å². The van der Waals surface area contributed by atoms with Gasteiger partial charge in [0.1, 0.15) is 0 Å². The average molecular weight is 164 g/mol. The van der Waals surface area contributed by atoms with Crippen molar-refractivity contribution in [3.05, 3.63) is 28.5 Å². The van der Waals surface area contributed by atoms with Crippen LogP contribution in [0, 0.1) is 12.8 Å². The summed E-state index contributed by atoms with van der Waals surface area (Å²) in [5.41, 5.74) is 1.36. The second-order valence-corrected chi connectivity index (χ2v) is 4.50. The molecule has 0 bridgehead atoms. The zero-order valence-corrected chi connectivity index (χ0v) is 7.58. The van der Waals surface area contributed by atoms with Gasteiger partial charge in [-0.15, -0.1) is 11.3 Å². The minimum Gasteiger partial charge on any atom is -0.141 e. The SMILES string of the molecule is C=C(c1ccc(C)s1)C1CC1. The molecule has 1 aliphatic carbocycles. The highest BCUT2D eigenvalue weighted by atomic mass is 32.1. The molecule has 0 atom stereocenters. The van der Waals surface area contributed by atoms with E-state index >= 15 is 0 Å². The van der Waals surface area contributed by atoms with Gasteiger partial charge in [0.2, 0.25) is 0 Å². The lowest BCUT2D eigenvalue weighted by atomic mass is 10.1. The molecule has 2 rings (SSSR count). The van der Waals surface area contributed by atoms with Gasteiger partial charge in [0.05, 0.1) is 0 Å². The maximum Gasteiger partial charge on any atom is 0.0302 e. The Hall–Kier alpha value is -0.560. The molecule has 0 N–H and O–H groups in total. The summed E-state index contributed by atoms with van der Waals surface area (Å²) in [5.74, 6) is 0.813. The molecule has 11 heavy (non-hydrogen) atoms. The molecule has 0 radical (unpaired) electrons. The molecule has 1 aliphatic rings. The zero-order valence-electron chi connectivity index (χ0n) is 6.76. The first-order valence-corrected chi connectivity index (χ1v) is 4.84. The number of rotatable bonds is 2. The lowest BCUT2D eigenvalue weighted by molar-refractivity contribution is 1.16. The molecule has 1 heterocycles. The Morgan fingerprint density at radius 2 is 2.27 bits per heavy atom. The van der Waals surface area contributed by atoms with Crippen LogP contribution in [0.2, 0.25) is 0 Å². The van der Waals surface area contributed by atoms with Gasteiger partial charge in [-0.1, -0.05) is 6.58 Å². The molecule has 58 valence electrons. The van der Waals surface area contributed by atoms with Crippen molar-refractivity contribution in [3.8, 4) is 0 Å². The molecule has 0 nitrogen and oxygen atoms in total. The van der Waals surface area contributed by atoms with Gasteiger partial charge >= 0.3 is 0 Å². The smallest absolute Gasteiger partial charge is 0.0302 e. The van der Waals surface area contributed by atoms with E-state index in [2.05, 4.69) is 25.6 Å². The van der Waals surface area contributed by atoms with Crippen molar-refractivity contribution in [1.29, 1.82) is 0 Å². The summed E-state index contributed by atoms with van der Waals surface area (Å²) in [5, 5.41) is 0. The summed E-state index contributed by atoms with van der Waals surface area (Å²) >= 11 is 1.86. The molecule has 0 amide bonds. The molecule has 0 saturated heterocycles. The minimum atomic E-state index is 0.813. The molecule has 0 aromatic carbocycles. The monoisotopic (exact) mass is 164 g/mol. The van der Waals surface area contributed by atoms with Crippen LogP contribution >= 0.6 is 11.3 Å². The fourth-order valence-corrected chi connectivity index (χ4v) is 2.16. The predicted octanol–water partition coefficient (Wildman–Crippen LogP) is 3.48. The van der Waals surface area contributed by atoms with Gasteiger partial charge in [-0.2, -0.15) is 0 Å². The van der Waals surface area contributed by atoms with Gasteiger partial charge in [0.15, 0.2) is 0 Å². The molecular weight excluding hydrogens is 152 g/mol. The summed E-state index contributed by atoms with van der Waals surface area (Å²) in [6.07, 6.45) is 2.71. The fourth-order valence-electron chi connectivity index (χ4n) is 1.24. The number of thiophene rings is 1. The van der Waals surface area contributed by atoms with Gasteiger partial charge in [0.25, 0.3) is 0 Å². The zero-order chi connectivity index (χ0) is 7.84. The number of allylic oxidation sites excluding steroid dienone is 1. The third kappa shape index (κ3) is 1.38. The lowest BCUT2D eigenvalue weighted by Gasteiger charge is -1.96. The van der Waals surface area contributed by atoms with Gasteiger partial charge < -0.3 is 0 Å². The first-order chi connectivity index (χ1) is 5.27. The van der Waals surface area contributed by atoms with E-state index < -0.39 is 0 Å². The van der Waals surface area contributed by atoms with Crippen LogP contribution in [-0.2, 0) is 0 Å². The topological polar surface area (TPSA) is 0 Å². The Morgan fingerprint density at radius 3 is 2.73 bits per heavy atom. The first kappa shape index (κ1) is 7.11. The van der Waals surface area contributed by atoms with Crippen molar-refractivity contribution >= 4 is 16.9 Å². The van der Waals surface area contributed by atoms with E-state index in [1.165, 1.54) is 28.2 Å². The minimum absolute atomic E-state index is 0.813. The molecule has 0 aliphatic heterocycles. The molecule has 1 heteroatoms. The molecular formula is C10H12S. The van der Waals surface area contributed by atoms with Crippen LogP contribution in [-0.4, -0.2) is 0 Å². The Balaban J connectivity index is 2.21. The normalized spacial score (nSPS) is 16.8. The molecule has 1 saturated carbocycles. The Bertz CT molecular complexity index is 279. The summed E-state index contributed by atoms with van der Waals surface area (Å²) in [6, 6.07) is 4.37. The highest BCUT2D eigenvalue weighted by Crippen LogP contribution is 2.42. The summed E-state index contributed by atoms with van der Waals surface area (Å²) < 4.78 is 0. The third-order valence-electron chi connectivity index (χ3n) is 2.13. The average Bonchev–Trinajstić information content (AvgIpc) is 2.74. The Labute approximate surface area is 71.6 Å². The van der Waals surface area contributed by atoms with Gasteiger partial charge in [-0.25, -0.2) is 0 Å². The molecule has 0 unspecified atom stereocenters. The van der Waals surface area contributed by atoms with E-state index in [1.807, 2.05) is 11.3 Å². The van der Waals surface area contributed by atoms with Crippen LogP contribution in [0.1, 0.15) is 22.6 Å². The predicted molar refractivity (Wildman–Crippen MR) is 50.8 cm³/mol. The number of hydrogen-bond acceptors (Lipinski definition) is 1. The van der Waals surface area contributed by atoms with Crippen LogP contribution < -0.4 is 0 Å². The highest BCUT2D eigenvalue weighted by molar-refractivity contribution is 7.13. The van der Waals surface area contributed by atoms with E-state index in [-0.39, 0.29) is 0 Å². The first-order valence-electron chi connectivity index (χ1n) is 4.03. The van der Waals surface area contributed by atoms with Crippen molar-refractivity contribution in [1.82, 2.24) is 0 Å². The van der Waals surface area contributed by atoms with Gasteiger partial charge in [-0.3, -0.25) is 0 Å². The second kappa shape index (κ2) is 2.49. The molecule has 0 spiro atoms. The van der Waals surface area contributed by atoms with E-state index in [1.54, 1.807) is 0 Å². The second-order valence-electron chi connectivity index (χ2n) is 3.21. The molecule has 1 aromatic rings.